The summed E-state index contributed by atoms with van der Waals surface area (Å²) in [4.78, 5) is 18.4. The average molecular weight is 414 g/mol. The number of rotatable bonds is 6. The average Bonchev–Trinajstić information content (AvgIpc) is 3.21. The largest absolute Gasteiger partial charge is 0.369 e. The van der Waals surface area contributed by atoms with Crippen LogP contribution in [-0.4, -0.2) is 51.6 Å². The first kappa shape index (κ1) is 21.0. The van der Waals surface area contributed by atoms with Gasteiger partial charge in [-0.15, -0.1) is 0 Å². The van der Waals surface area contributed by atoms with E-state index in [2.05, 4.69) is 31.9 Å². The second-order valence-corrected chi connectivity index (χ2v) is 7.52. The summed E-state index contributed by atoms with van der Waals surface area (Å²) in [5, 5.41) is 10.3. The number of halogens is 1. The highest BCUT2D eigenvalue weighted by molar-refractivity contribution is 6.30. The van der Waals surface area contributed by atoms with Crippen molar-refractivity contribution < 1.29 is 4.79 Å². The highest BCUT2D eigenvalue weighted by Crippen LogP contribution is 2.23. The lowest BCUT2D eigenvalue weighted by molar-refractivity contribution is 0.0963. The quantitative estimate of drug-likeness (QED) is 0.503. The van der Waals surface area contributed by atoms with Crippen molar-refractivity contribution in [1.29, 1.82) is 0 Å². The van der Waals surface area contributed by atoms with Crippen LogP contribution in [0.15, 0.2) is 53.5 Å². The summed E-state index contributed by atoms with van der Waals surface area (Å²) >= 11 is 6.12. The zero-order valence-electron chi connectivity index (χ0n) is 16.9. The van der Waals surface area contributed by atoms with Crippen molar-refractivity contribution in [1.82, 2.24) is 16.0 Å². The third kappa shape index (κ3) is 5.87. The Morgan fingerprint density at radius 1 is 1.24 bits per heavy atom. The van der Waals surface area contributed by atoms with Crippen LogP contribution in [0.4, 0.5) is 5.69 Å². The van der Waals surface area contributed by atoms with E-state index in [0.29, 0.717) is 11.6 Å². The fourth-order valence-corrected chi connectivity index (χ4v) is 3.70. The standard InChI is InChI=1S/C22H28ClN5O/c1-24-21(29)17-6-3-5-16(13-17)9-11-26-22(25-2)27-19-10-12-28(15-19)20-8-4-7-18(23)14-20/h3-8,13-14,19H,9-12,15H2,1-2H3,(H,24,29)(H2,25,26,27). The number of carbonyl (C=O) groups excluding carboxylic acids is 1. The highest BCUT2D eigenvalue weighted by atomic mass is 35.5. The van der Waals surface area contributed by atoms with Crippen molar-refractivity contribution in [3.63, 3.8) is 0 Å². The van der Waals surface area contributed by atoms with Crippen LogP contribution in [0, 0.1) is 0 Å². The fraction of sp³-hybridized carbons (Fsp3) is 0.364. The second kappa shape index (κ2) is 10.2. The Hall–Kier alpha value is -2.73. The molecule has 0 spiro atoms. The summed E-state index contributed by atoms with van der Waals surface area (Å²) in [6.07, 6.45) is 1.85. The normalized spacial score (nSPS) is 16.6. The maximum Gasteiger partial charge on any atom is 0.251 e. The molecule has 0 aromatic heterocycles. The van der Waals surface area contributed by atoms with Gasteiger partial charge in [0.05, 0.1) is 0 Å². The van der Waals surface area contributed by atoms with Crippen molar-refractivity contribution in [2.24, 2.45) is 4.99 Å². The topological polar surface area (TPSA) is 68.8 Å². The number of nitrogens with zero attached hydrogens (tertiary/aromatic N) is 2. The molecule has 3 N–H and O–H groups in total. The number of carbonyl (C=O) groups is 1. The maximum absolute atomic E-state index is 11.8. The lowest BCUT2D eigenvalue weighted by atomic mass is 10.1. The molecule has 29 heavy (non-hydrogen) atoms. The van der Waals surface area contributed by atoms with Crippen LogP contribution >= 0.6 is 11.6 Å². The van der Waals surface area contributed by atoms with Gasteiger partial charge in [0, 0.05) is 56.0 Å². The van der Waals surface area contributed by atoms with Crippen molar-refractivity contribution >= 4 is 29.2 Å². The van der Waals surface area contributed by atoms with E-state index in [0.717, 1.165) is 54.7 Å². The minimum atomic E-state index is -0.0669. The summed E-state index contributed by atoms with van der Waals surface area (Å²) in [6.45, 7) is 2.64. The zero-order chi connectivity index (χ0) is 20.6. The number of aliphatic imine (C=N–C) groups is 1. The van der Waals surface area contributed by atoms with E-state index < -0.39 is 0 Å². The molecule has 1 aliphatic heterocycles. The predicted octanol–water partition coefficient (Wildman–Crippen LogP) is 2.69. The molecule has 154 valence electrons. The number of anilines is 1. The van der Waals surface area contributed by atoms with Crippen LogP contribution in [0.5, 0.6) is 0 Å². The van der Waals surface area contributed by atoms with Crippen LogP contribution < -0.4 is 20.9 Å². The molecule has 3 rings (SSSR count). The smallest absolute Gasteiger partial charge is 0.251 e. The van der Waals surface area contributed by atoms with Gasteiger partial charge in [0.25, 0.3) is 5.91 Å². The Bertz CT molecular complexity index is 870. The van der Waals surface area contributed by atoms with E-state index in [1.165, 1.54) is 0 Å². The van der Waals surface area contributed by atoms with Gasteiger partial charge in [-0.25, -0.2) is 0 Å². The molecule has 0 saturated carbocycles. The van der Waals surface area contributed by atoms with Crippen molar-refractivity contribution in [3.05, 3.63) is 64.7 Å². The van der Waals surface area contributed by atoms with Crippen LogP contribution in [0.2, 0.25) is 5.02 Å². The fourth-order valence-electron chi connectivity index (χ4n) is 3.51. The van der Waals surface area contributed by atoms with Crippen molar-refractivity contribution in [2.75, 3.05) is 38.6 Å². The van der Waals surface area contributed by atoms with E-state index in [9.17, 15) is 4.79 Å². The first-order valence-electron chi connectivity index (χ1n) is 9.88. The molecule has 6 nitrogen and oxygen atoms in total. The Kier molecular flexibility index (Phi) is 7.36. The van der Waals surface area contributed by atoms with Gasteiger partial charge >= 0.3 is 0 Å². The lowest BCUT2D eigenvalue weighted by Gasteiger charge is -2.20. The highest BCUT2D eigenvalue weighted by Gasteiger charge is 2.23. The molecule has 1 aliphatic rings. The summed E-state index contributed by atoms with van der Waals surface area (Å²) < 4.78 is 0. The molecule has 1 amide bonds. The Labute approximate surface area is 177 Å². The number of hydrogen-bond donors (Lipinski definition) is 3. The molecule has 1 fully saturated rings. The van der Waals surface area contributed by atoms with Gasteiger partial charge in [-0.05, 0) is 48.7 Å². The number of benzene rings is 2. The molecule has 1 heterocycles. The molecule has 7 heteroatoms. The zero-order valence-corrected chi connectivity index (χ0v) is 17.7. The summed E-state index contributed by atoms with van der Waals surface area (Å²) in [6, 6.07) is 16.0. The first-order valence-corrected chi connectivity index (χ1v) is 10.3. The van der Waals surface area contributed by atoms with E-state index in [1.54, 1.807) is 14.1 Å². The summed E-state index contributed by atoms with van der Waals surface area (Å²) in [5.74, 6) is 0.730. The van der Waals surface area contributed by atoms with E-state index in [1.807, 2.05) is 42.5 Å². The summed E-state index contributed by atoms with van der Waals surface area (Å²) in [5.41, 5.74) is 2.95. The van der Waals surface area contributed by atoms with Gasteiger partial charge in [0.2, 0.25) is 0 Å². The third-order valence-corrected chi connectivity index (χ3v) is 5.28. The number of amides is 1. The van der Waals surface area contributed by atoms with Crippen LogP contribution in [0.1, 0.15) is 22.3 Å². The molecular formula is C22H28ClN5O. The van der Waals surface area contributed by atoms with Gasteiger partial charge in [-0.1, -0.05) is 29.8 Å². The SMILES string of the molecule is CN=C(NCCc1cccc(C(=O)NC)c1)NC1CCN(c2cccc(Cl)c2)C1. The third-order valence-electron chi connectivity index (χ3n) is 5.05. The number of hydrogen-bond acceptors (Lipinski definition) is 3. The summed E-state index contributed by atoms with van der Waals surface area (Å²) in [7, 11) is 3.42. The molecule has 1 saturated heterocycles. The van der Waals surface area contributed by atoms with Gasteiger partial charge < -0.3 is 20.9 Å². The lowest BCUT2D eigenvalue weighted by Crippen LogP contribution is -2.45. The molecule has 0 bridgehead atoms. The van der Waals surface area contributed by atoms with Crippen molar-refractivity contribution in [3.8, 4) is 0 Å². The molecule has 0 radical (unpaired) electrons. The monoisotopic (exact) mass is 413 g/mol. The molecule has 2 aromatic carbocycles. The number of guanidine groups is 1. The van der Waals surface area contributed by atoms with E-state index in [4.69, 9.17) is 11.6 Å². The van der Waals surface area contributed by atoms with Gasteiger partial charge in [0.1, 0.15) is 0 Å². The van der Waals surface area contributed by atoms with Gasteiger partial charge in [0.15, 0.2) is 5.96 Å². The minimum Gasteiger partial charge on any atom is -0.369 e. The Morgan fingerprint density at radius 2 is 2.07 bits per heavy atom. The molecule has 1 unspecified atom stereocenters. The van der Waals surface area contributed by atoms with Crippen molar-refractivity contribution in [2.45, 2.75) is 18.9 Å². The molecule has 1 atom stereocenters. The van der Waals surface area contributed by atoms with Crippen LogP contribution in [0.25, 0.3) is 0 Å². The van der Waals surface area contributed by atoms with Crippen LogP contribution in [-0.2, 0) is 6.42 Å². The number of nitrogens with one attached hydrogen (secondary N) is 3. The minimum absolute atomic E-state index is 0.0669. The van der Waals surface area contributed by atoms with E-state index >= 15 is 0 Å². The molecule has 2 aromatic rings. The Balaban J connectivity index is 1.47. The van der Waals surface area contributed by atoms with Crippen LogP contribution in [0.3, 0.4) is 0 Å². The second-order valence-electron chi connectivity index (χ2n) is 7.08. The predicted molar refractivity (Wildman–Crippen MR) is 120 cm³/mol. The van der Waals surface area contributed by atoms with Gasteiger partial charge in [-0.2, -0.15) is 0 Å². The maximum atomic E-state index is 11.8. The molecular weight excluding hydrogens is 386 g/mol. The first-order chi connectivity index (χ1) is 14.1. The van der Waals surface area contributed by atoms with Gasteiger partial charge in [-0.3, -0.25) is 9.79 Å². The Morgan fingerprint density at radius 3 is 2.83 bits per heavy atom. The van der Waals surface area contributed by atoms with E-state index in [-0.39, 0.29) is 5.91 Å². The molecule has 0 aliphatic carbocycles.